The fourth-order valence-electron chi connectivity index (χ4n) is 2.29. The molecule has 1 aromatic heterocycles. The summed E-state index contributed by atoms with van der Waals surface area (Å²) in [6.07, 6.45) is 1.93. The van der Waals surface area contributed by atoms with Crippen LogP contribution >= 0.6 is 22.9 Å². The van der Waals surface area contributed by atoms with Crippen LogP contribution < -0.4 is 4.90 Å². The van der Waals surface area contributed by atoms with Crippen LogP contribution in [0.5, 0.6) is 0 Å². The SMILES string of the molecule is CC(=O)c1sc(N(C(=O)c2ccc(Cl)cc2)C2CC2)nc1C. The number of amides is 1. The molecule has 0 aliphatic heterocycles. The minimum absolute atomic E-state index is 0.0176. The third-order valence-corrected chi connectivity index (χ3v) is 5.04. The largest absolute Gasteiger partial charge is 0.294 e. The van der Waals surface area contributed by atoms with Crippen molar-refractivity contribution in [2.45, 2.75) is 32.7 Å². The molecule has 0 unspecified atom stereocenters. The number of benzene rings is 1. The summed E-state index contributed by atoms with van der Waals surface area (Å²) < 4.78 is 0. The summed E-state index contributed by atoms with van der Waals surface area (Å²) >= 11 is 7.16. The molecule has 0 saturated heterocycles. The normalized spacial score (nSPS) is 14.0. The van der Waals surface area contributed by atoms with Gasteiger partial charge in [-0.05, 0) is 44.0 Å². The molecule has 114 valence electrons. The maximum absolute atomic E-state index is 12.8. The van der Waals surface area contributed by atoms with E-state index in [2.05, 4.69) is 4.98 Å². The predicted octanol–water partition coefficient (Wildman–Crippen LogP) is 4.12. The highest BCUT2D eigenvalue weighted by atomic mass is 35.5. The van der Waals surface area contributed by atoms with Crippen molar-refractivity contribution >= 4 is 39.8 Å². The van der Waals surface area contributed by atoms with Crippen LogP contribution in [0.1, 0.15) is 45.5 Å². The fourth-order valence-corrected chi connectivity index (χ4v) is 3.44. The van der Waals surface area contributed by atoms with E-state index in [-0.39, 0.29) is 17.7 Å². The average molecular weight is 335 g/mol. The van der Waals surface area contributed by atoms with Crippen molar-refractivity contribution < 1.29 is 9.59 Å². The molecule has 1 heterocycles. The van der Waals surface area contributed by atoms with Crippen LogP contribution in [0.3, 0.4) is 0 Å². The summed E-state index contributed by atoms with van der Waals surface area (Å²) in [5.41, 5.74) is 1.26. The van der Waals surface area contributed by atoms with E-state index in [0.29, 0.717) is 26.3 Å². The molecule has 1 aliphatic rings. The summed E-state index contributed by atoms with van der Waals surface area (Å²) in [6, 6.07) is 7.01. The van der Waals surface area contributed by atoms with Gasteiger partial charge in [-0.15, -0.1) is 0 Å². The van der Waals surface area contributed by atoms with Gasteiger partial charge >= 0.3 is 0 Å². The minimum Gasteiger partial charge on any atom is -0.294 e. The topological polar surface area (TPSA) is 50.3 Å². The Kier molecular flexibility index (Phi) is 4.02. The lowest BCUT2D eigenvalue weighted by Gasteiger charge is -2.19. The van der Waals surface area contributed by atoms with E-state index in [1.54, 1.807) is 36.1 Å². The van der Waals surface area contributed by atoms with Crippen molar-refractivity contribution in [3.63, 3.8) is 0 Å². The highest BCUT2D eigenvalue weighted by Gasteiger charge is 2.36. The number of Topliss-reactive ketones (excluding diaryl/α,β-unsaturated/α-hetero) is 1. The second kappa shape index (κ2) is 5.82. The second-order valence-electron chi connectivity index (χ2n) is 5.38. The molecule has 0 N–H and O–H groups in total. The molecule has 0 spiro atoms. The number of nitrogens with zero attached hydrogens (tertiary/aromatic N) is 2. The molecule has 1 fully saturated rings. The maximum Gasteiger partial charge on any atom is 0.260 e. The van der Waals surface area contributed by atoms with Gasteiger partial charge in [-0.2, -0.15) is 0 Å². The quantitative estimate of drug-likeness (QED) is 0.790. The average Bonchev–Trinajstić information content (AvgIpc) is 3.22. The van der Waals surface area contributed by atoms with Gasteiger partial charge in [0.15, 0.2) is 10.9 Å². The van der Waals surface area contributed by atoms with Gasteiger partial charge in [0.25, 0.3) is 5.91 Å². The zero-order valence-electron chi connectivity index (χ0n) is 12.3. The monoisotopic (exact) mass is 334 g/mol. The summed E-state index contributed by atoms with van der Waals surface area (Å²) in [7, 11) is 0. The smallest absolute Gasteiger partial charge is 0.260 e. The molecular weight excluding hydrogens is 320 g/mol. The summed E-state index contributed by atoms with van der Waals surface area (Å²) in [5, 5.41) is 1.20. The Morgan fingerprint density at radius 2 is 1.91 bits per heavy atom. The first-order valence-electron chi connectivity index (χ1n) is 7.05. The highest BCUT2D eigenvalue weighted by Crippen LogP contribution is 2.36. The van der Waals surface area contributed by atoms with E-state index in [9.17, 15) is 9.59 Å². The fraction of sp³-hybridized carbons (Fsp3) is 0.312. The summed E-state index contributed by atoms with van der Waals surface area (Å²) in [6.45, 7) is 3.32. The van der Waals surface area contributed by atoms with E-state index in [4.69, 9.17) is 11.6 Å². The van der Waals surface area contributed by atoms with E-state index >= 15 is 0 Å². The zero-order valence-corrected chi connectivity index (χ0v) is 13.9. The number of halogens is 1. The number of aryl methyl sites for hydroxylation is 1. The third kappa shape index (κ3) is 2.91. The van der Waals surface area contributed by atoms with Crippen molar-refractivity contribution in [1.82, 2.24) is 4.98 Å². The van der Waals surface area contributed by atoms with Crippen LogP contribution in [-0.4, -0.2) is 22.7 Å². The first-order chi connectivity index (χ1) is 10.5. The van der Waals surface area contributed by atoms with Gasteiger partial charge in [-0.3, -0.25) is 14.5 Å². The first kappa shape index (κ1) is 15.2. The number of hydrogen-bond donors (Lipinski definition) is 0. The first-order valence-corrected chi connectivity index (χ1v) is 8.24. The van der Waals surface area contributed by atoms with Crippen LogP contribution in [0, 0.1) is 6.92 Å². The Labute approximate surface area is 137 Å². The lowest BCUT2D eigenvalue weighted by Crippen LogP contribution is -2.32. The molecule has 0 bridgehead atoms. The summed E-state index contributed by atoms with van der Waals surface area (Å²) in [5.74, 6) is -0.112. The third-order valence-electron chi connectivity index (χ3n) is 3.53. The number of hydrogen-bond acceptors (Lipinski definition) is 4. The number of rotatable bonds is 4. The molecule has 1 saturated carbocycles. The van der Waals surface area contributed by atoms with Crippen LogP contribution in [0.4, 0.5) is 5.13 Å². The standard InChI is InChI=1S/C16H15ClN2O2S/c1-9-14(10(2)20)22-16(18-9)19(13-7-8-13)15(21)11-3-5-12(17)6-4-11/h3-6,13H,7-8H2,1-2H3. The van der Waals surface area contributed by atoms with Gasteiger partial charge in [-0.1, -0.05) is 22.9 Å². The van der Waals surface area contributed by atoms with Gasteiger partial charge in [-0.25, -0.2) is 4.98 Å². The molecule has 3 rings (SSSR count). The molecule has 2 aromatic rings. The predicted molar refractivity (Wildman–Crippen MR) is 88.1 cm³/mol. The number of anilines is 1. The molecule has 4 nitrogen and oxygen atoms in total. The van der Waals surface area contributed by atoms with E-state index in [0.717, 1.165) is 12.8 Å². The Morgan fingerprint density at radius 3 is 2.41 bits per heavy atom. The number of carbonyl (C=O) groups is 2. The highest BCUT2D eigenvalue weighted by molar-refractivity contribution is 7.17. The molecule has 1 aliphatic carbocycles. The molecular formula is C16H15ClN2O2S. The van der Waals surface area contributed by atoms with Gasteiger partial charge < -0.3 is 0 Å². The zero-order chi connectivity index (χ0) is 15.9. The van der Waals surface area contributed by atoms with E-state index < -0.39 is 0 Å². The number of aromatic nitrogens is 1. The molecule has 1 amide bonds. The van der Waals surface area contributed by atoms with Crippen molar-refractivity contribution in [2.24, 2.45) is 0 Å². The number of thiazole rings is 1. The van der Waals surface area contributed by atoms with Gasteiger partial charge in [0.2, 0.25) is 0 Å². The van der Waals surface area contributed by atoms with E-state index in [1.165, 1.54) is 18.3 Å². The minimum atomic E-state index is -0.0944. The van der Waals surface area contributed by atoms with Crippen LogP contribution in [0.2, 0.25) is 5.02 Å². The van der Waals surface area contributed by atoms with Gasteiger partial charge in [0, 0.05) is 23.6 Å². The molecule has 1 aromatic carbocycles. The number of carbonyl (C=O) groups excluding carboxylic acids is 2. The van der Waals surface area contributed by atoms with Crippen LogP contribution in [0.25, 0.3) is 0 Å². The Bertz CT molecular complexity index is 735. The van der Waals surface area contributed by atoms with Crippen LogP contribution in [-0.2, 0) is 0 Å². The van der Waals surface area contributed by atoms with Gasteiger partial charge in [0.05, 0.1) is 10.6 Å². The summed E-state index contributed by atoms with van der Waals surface area (Å²) in [4.78, 5) is 31.2. The number of ketones is 1. The lowest BCUT2D eigenvalue weighted by molar-refractivity contribution is 0.0983. The lowest BCUT2D eigenvalue weighted by atomic mass is 10.2. The Balaban J connectivity index is 1.96. The van der Waals surface area contributed by atoms with Crippen molar-refractivity contribution in [3.05, 3.63) is 45.4 Å². The Morgan fingerprint density at radius 1 is 1.27 bits per heavy atom. The molecule has 22 heavy (non-hydrogen) atoms. The van der Waals surface area contributed by atoms with Gasteiger partial charge in [0.1, 0.15) is 0 Å². The van der Waals surface area contributed by atoms with Crippen molar-refractivity contribution in [2.75, 3.05) is 4.90 Å². The maximum atomic E-state index is 12.8. The molecule has 6 heteroatoms. The van der Waals surface area contributed by atoms with Crippen molar-refractivity contribution in [1.29, 1.82) is 0 Å². The van der Waals surface area contributed by atoms with Crippen molar-refractivity contribution in [3.8, 4) is 0 Å². The molecule has 0 radical (unpaired) electrons. The molecule has 0 atom stereocenters. The second-order valence-corrected chi connectivity index (χ2v) is 6.79. The Hall–Kier alpha value is -1.72. The van der Waals surface area contributed by atoms with Crippen LogP contribution in [0.15, 0.2) is 24.3 Å². The van der Waals surface area contributed by atoms with E-state index in [1.807, 2.05) is 0 Å².